The van der Waals surface area contributed by atoms with Crippen LogP contribution in [0.15, 0.2) is 54.7 Å². The second-order valence-electron chi connectivity index (χ2n) is 7.98. The van der Waals surface area contributed by atoms with E-state index in [9.17, 15) is 9.50 Å². The highest BCUT2D eigenvalue weighted by atomic mass is 35.5. The Hall–Kier alpha value is -2.50. The molecule has 2 atom stereocenters. The fourth-order valence-electron chi connectivity index (χ4n) is 4.14. The van der Waals surface area contributed by atoms with Crippen molar-refractivity contribution in [2.45, 2.75) is 32.2 Å². The zero-order valence-electron chi connectivity index (χ0n) is 16.7. The maximum absolute atomic E-state index is 13.4. The molecule has 2 N–H and O–H groups in total. The molecule has 1 aliphatic rings. The molecule has 1 aliphatic carbocycles. The summed E-state index contributed by atoms with van der Waals surface area (Å²) in [6.07, 6.45) is 5.84. The maximum atomic E-state index is 13.4. The summed E-state index contributed by atoms with van der Waals surface area (Å²) in [7, 11) is 0. The van der Waals surface area contributed by atoms with Crippen LogP contribution in [-0.2, 0) is 13.0 Å². The molecule has 3 aromatic rings. The first-order valence-corrected chi connectivity index (χ1v) is 10.7. The molecule has 1 saturated carbocycles. The first-order chi connectivity index (χ1) is 14.6. The molecular formula is C24H25ClFN3O. The van der Waals surface area contributed by atoms with Gasteiger partial charge >= 0.3 is 0 Å². The summed E-state index contributed by atoms with van der Waals surface area (Å²) in [5.74, 6) is 1.42. The lowest BCUT2D eigenvalue weighted by molar-refractivity contribution is 0.226. The maximum Gasteiger partial charge on any atom is 0.126 e. The van der Waals surface area contributed by atoms with E-state index < -0.39 is 0 Å². The zero-order chi connectivity index (χ0) is 20.9. The van der Waals surface area contributed by atoms with Gasteiger partial charge in [0.2, 0.25) is 0 Å². The highest BCUT2D eigenvalue weighted by Crippen LogP contribution is 2.34. The Kier molecular flexibility index (Phi) is 6.60. The van der Waals surface area contributed by atoms with Gasteiger partial charge in [-0.3, -0.25) is 4.98 Å². The smallest absolute Gasteiger partial charge is 0.126 e. The molecule has 0 bridgehead atoms. The van der Waals surface area contributed by atoms with Gasteiger partial charge in [0.1, 0.15) is 11.6 Å². The molecule has 0 spiro atoms. The number of pyridine rings is 2. The third kappa shape index (κ3) is 5.15. The van der Waals surface area contributed by atoms with Crippen molar-refractivity contribution in [1.82, 2.24) is 9.97 Å². The van der Waals surface area contributed by atoms with E-state index in [1.807, 2.05) is 30.3 Å². The normalized spacial score (nSPS) is 18.5. The van der Waals surface area contributed by atoms with Crippen LogP contribution < -0.4 is 5.32 Å². The van der Waals surface area contributed by atoms with E-state index in [0.29, 0.717) is 29.2 Å². The molecule has 4 nitrogen and oxygen atoms in total. The van der Waals surface area contributed by atoms with Crippen LogP contribution in [0.3, 0.4) is 0 Å². The van der Waals surface area contributed by atoms with Gasteiger partial charge in [-0.15, -0.1) is 0 Å². The summed E-state index contributed by atoms with van der Waals surface area (Å²) in [5, 5.41) is 13.2. The Bertz CT molecular complexity index is 1010. The average Bonchev–Trinajstić information content (AvgIpc) is 3.21. The molecule has 6 heteroatoms. The summed E-state index contributed by atoms with van der Waals surface area (Å²) in [6.45, 7) is 0.756. The van der Waals surface area contributed by atoms with Crippen molar-refractivity contribution in [2.75, 3.05) is 11.9 Å². The molecule has 0 radical (unpaired) electrons. The number of nitrogens with zero attached hydrogens (tertiary/aromatic N) is 2. The lowest BCUT2D eigenvalue weighted by Crippen LogP contribution is -2.05. The fourth-order valence-corrected chi connectivity index (χ4v) is 4.34. The quantitative estimate of drug-likeness (QED) is 0.524. The van der Waals surface area contributed by atoms with Crippen LogP contribution in [0, 0.1) is 17.7 Å². The van der Waals surface area contributed by atoms with E-state index in [2.05, 4.69) is 15.3 Å². The molecule has 0 unspecified atom stereocenters. The number of halogens is 2. The summed E-state index contributed by atoms with van der Waals surface area (Å²) in [5.41, 5.74) is 3.47. The summed E-state index contributed by atoms with van der Waals surface area (Å²) < 4.78 is 13.4. The minimum absolute atomic E-state index is 0.250. The first-order valence-electron chi connectivity index (χ1n) is 10.3. The Morgan fingerprint density at radius 1 is 1.10 bits per heavy atom. The molecule has 4 rings (SSSR count). The van der Waals surface area contributed by atoms with Crippen molar-refractivity contribution >= 4 is 17.4 Å². The topological polar surface area (TPSA) is 58.0 Å². The number of rotatable bonds is 7. The molecule has 156 valence electrons. The molecule has 0 aliphatic heterocycles. The standard InChI is InChI=1S/C24H25ClFN3O/c25-22-14-27-20(11-16-7-8-18(9-16)15-30)12-21(22)23-5-2-6-24(29-23)28-13-17-3-1-4-19(26)10-17/h1-6,10,12,14,16,18,30H,7-9,11,13,15H2,(H,28,29)/t16-,18+/m0/s1. The van der Waals surface area contributed by atoms with Crippen molar-refractivity contribution < 1.29 is 9.50 Å². The predicted octanol–water partition coefficient (Wildman–Crippen LogP) is 5.50. The van der Waals surface area contributed by atoms with Gasteiger partial charge in [0.25, 0.3) is 0 Å². The van der Waals surface area contributed by atoms with E-state index in [-0.39, 0.29) is 12.4 Å². The highest BCUT2D eigenvalue weighted by Gasteiger charge is 2.24. The van der Waals surface area contributed by atoms with Crippen LogP contribution in [-0.4, -0.2) is 21.7 Å². The Balaban J connectivity index is 1.48. The number of hydrogen-bond acceptors (Lipinski definition) is 4. The van der Waals surface area contributed by atoms with Gasteiger partial charge in [-0.1, -0.05) is 29.8 Å². The predicted molar refractivity (Wildman–Crippen MR) is 118 cm³/mol. The molecule has 0 saturated heterocycles. The van der Waals surface area contributed by atoms with E-state index in [4.69, 9.17) is 11.6 Å². The van der Waals surface area contributed by atoms with Crippen molar-refractivity contribution in [3.8, 4) is 11.3 Å². The average molecular weight is 426 g/mol. The monoisotopic (exact) mass is 425 g/mol. The van der Waals surface area contributed by atoms with Crippen LogP contribution in [0.2, 0.25) is 5.02 Å². The molecule has 1 aromatic carbocycles. The minimum atomic E-state index is -0.250. The number of aliphatic hydroxyl groups excluding tert-OH is 1. The van der Waals surface area contributed by atoms with Crippen LogP contribution in [0.1, 0.15) is 30.5 Å². The second kappa shape index (κ2) is 9.54. The Morgan fingerprint density at radius 3 is 2.73 bits per heavy atom. The number of anilines is 1. The van der Waals surface area contributed by atoms with Gasteiger partial charge in [-0.05, 0) is 73.4 Å². The van der Waals surface area contributed by atoms with E-state index in [0.717, 1.165) is 48.2 Å². The van der Waals surface area contributed by atoms with Crippen molar-refractivity contribution in [3.63, 3.8) is 0 Å². The molecule has 0 amide bonds. The van der Waals surface area contributed by atoms with Crippen molar-refractivity contribution in [3.05, 3.63) is 76.8 Å². The molecule has 30 heavy (non-hydrogen) atoms. The number of benzene rings is 1. The van der Waals surface area contributed by atoms with Gasteiger partial charge in [-0.25, -0.2) is 9.37 Å². The highest BCUT2D eigenvalue weighted by molar-refractivity contribution is 6.33. The SMILES string of the molecule is OC[C@@H]1CC[C@H](Cc2cc(-c3cccc(NCc4cccc(F)c4)n3)c(Cl)cn2)C1. The van der Waals surface area contributed by atoms with E-state index >= 15 is 0 Å². The molecular weight excluding hydrogens is 401 g/mol. The summed E-state index contributed by atoms with van der Waals surface area (Å²) in [6, 6.07) is 14.3. The van der Waals surface area contributed by atoms with Gasteiger partial charge in [0, 0.05) is 30.6 Å². The van der Waals surface area contributed by atoms with Crippen molar-refractivity contribution in [1.29, 1.82) is 0 Å². The third-order valence-corrected chi connectivity index (χ3v) is 6.01. The Labute approximate surface area is 181 Å². The first kappa shape index (κ1) is 20.8. The van der Waals surface area contributed by atoms with E-state index in [1.165, 1.54) is 12.1 Å². The number of aliphatic hydroxyl groups is 1. The van der Waals surface area contributed by atoms with E-state index in [1.54, 1.807) is 12.3 Å². The number of aromatic nitrogens is 2. The number of nitrogens with one attached hydrogen (secondary N) is 1. The van der Waals surface area contributed by atoms with Gasteiger partial charge in [0.05, 0.1) is 10.7 Å². The largest absolute Gasteiger partial charge is 0.396 e. The third-order valence-electron chi connectivity index (χ3n) is 5.71. The lowest BCUT2D eigenvalue weighted by Gasteiger charge is -2.12. The van der Waals surface area contributed by atoms with Crippen LogP contribution >= 0.6 is 11.6 Å². The van der Waals surface area contributed by atoms with Crippen LogP contribution in [0.5, 0.6) is 0 Å². The number of hydrogen-bond donors (Lipinski definition) is 2. The van der Waals surface area contributed by atoms with Gasteiger partial charge < -0.3 is 10.4 Å². The lowest BCUT2D eigenvalue weighted by atomic mass is 9.98. The van der Waals surface area contributed by atoms with Crippen LogP contribution in [0.25, 0.3) is 11.3 Å². The molecule has 2 aromatic heterocycles. The van der Waals surface area contributed by atoms with Gasteiger partial charge in [-0.2, -0.15) is 0 Å². The van der Waals surface area contributed by atoms with Gasteiger partial charge in [0.15, 0.2) is 0 Å². The summed E-state index contributed by atoms with van der Waals surface area (Å²) >= 11 is 6.44. The van der Waals surface area contributed by atoms with Crippen LogP contribution in [0.4, 0.5) is 10.2 Å². The minimum Gasteiger partial charge on any atom is -0.396 e. The zero-order valence-corrected chi connectivity index (χ0v) is 17.4. The fraction of sp³-hybridized carbons (Fsp3) is 0.333. The molecule has 2 heterocycles. The summed E-state index contributed by atoms with van der Waals surface area (Å²) in [4.78, 5) is 9.20. The van der Waals surface area contributed by atoms with Crippen molar-refractivity contribution in [2.24, 2.45) is 11.8 Å². The second-order valence-corrected chi connectivity index (χ2v) is 8.39. The Morgan fingerprint density at radius 2 is 1.93 bits per heavy atom. The molecule has 1 fully saturated rings.